The summed E-state index contributed by atoms with van der Waals surface area (Å²) in [6.45, 7) is 3.71. The van der Waals surface area contributed by atoms with E-state index in [4.69, 9.17) is 0 Å². The number of nitrogens with one attached hydrogen (secondary N) is 1. The highest BCUT2D eigenvalue weighted by molar-refractivity contribution is 6.43. The van der Waals surface area contributed by atoms with Crippen LogP contribution in [0.1, 0.15) is 22.6 Å². The third kappa shape index (κ3) is 3.21. The Balaban J connectivity index is 2.22. The first-order valence-electron chi connectivity index (χ1n) is 6.90. The summed E-state index contributed by atoms with van der Waals surface area (Å²) in [5, 5.41) is 11.8. The molecule has 0 aliphatic rings. The van der Waals surface area contributed by atoms with Gasteiger partial charge in [-0.1, -0.05) is 48.5 Å². The van der Waals surface area contributed by atoms with Gasteiger partial charge in [-0.05, 0) is 30.5 Å². The zero-order valence-corrected chi connectivity index (χ0v) is 12.5. The fourth-order valence-electron chi connectivity index (χ4n) is 2.25. The minimum atomic E-state index is -1.09. The third-order valence-electron chi connectivity index (χ3n) is 3.47. The van der Waals surface area contributed by atoms with E-state index >= 15 is 0 Å². The number of nitrogens with zero attached hydrogens (tertiary/aromatic N) is 1. The lowest BCUT2D eigenvalue weighted by atomic mass is 9.95. The average molecular weight is 292 g/mol. The van der Waals surface area contributed by atoms with Crippen molar-refractivity contribution in [3.63, 3.8) is 0 Å². The number of carbonyl (C=O) groups is 2. The first-order valence-corrected chi connectivity index (χ1v) is 6.90. The molecule has 0 spiro atoms. The second-order valence-corrected chi connectivity index (χ2v) is 5.06. The van der Waals surface area contributed by atoms with Gasteiger partial charge in [-0.2, -0.15) is 5.26 Å². The van der Waals surface area contributed by atoms with Crippen molar-refractivity contribution in [3.05, 3.63) is 65.2 Å². The van der Waals surface area contributed by atoms with E-state index in [1.54, 1.807) is 30.3 Å². The summed E-state index contributed by atoms with van der Waals surface area (Å²) in [5.41, 5.74) is 2.88. The van der Waals surface area contributed by atoms with Crippen molar-refractivity contribution in [1.82, 2.24) is 0 Å². The van der Waals surface area contributed by atoms with Crippen LogP contribution >= 0.6 is 0 Å². The molecule has 4 heteroatoms. The fraction of sp³-hybridized carbons (Fsp3) is 0.167. The quantitative estimate of drug-likeness (QED) is 0.880. The molecule has 0 bridgehead atoms. The normalized spacial score (nSPS) is 11.3. The van der Waals surface area contributed by atoms with E-state index in [-0.39, 0.29) is 0 Å². The summed E-state index contributed by atoms with van der Waals surface area (Å²) in [4.78, 5) is 24.4. The van der Waals surface area contributed by atoms with Crippen molar-refractivity contribution in [2.24, 2.45) is 0 Å². The van der Waals surface area contributed by atoms with Crippen LogP contribution in [0.2, 0.25) is 0 Å². The number of Topliss-reactive ketones (excluding diaryl/α,β-unsaturated/α-hetero) is 1. The Labute approximate surface area is 129 Å². The molecule has 0 fully saturated rings. The van der Waals surface area contributed by atoms with Crippen molar-refractivity contribution in [3.8, 4) is 6.07 Å². The number of anilines is 1. The van der Waals surface area contributed by atoms with Crippen LogP contribution in [0.3, 0.4) is 0 Å². The van der Waals surface area contributed by atoms with Gasteiger partial charge in [-0.15, -0.1) is 0 Å². The van der Waals surface area contributed by atoms with Crippen molar-refractivity contribution in [2.75, 3.05) is 5.32 Å². The molecule has 1 N–H and O–H groups in total. The van der Waals surface area contributed by atoms with Crippen LogP contribution in [-0.4, -0.2) is 11.7 Å². The highest BCUT2D eigenvalue weighted by atomic mass is 16.2. The largest absolute Gasteiger partial charge is 0.319 e. The van der Waals surface area contributed by atoms with Gasteiger partial charge in [0.2, 0.25) is 5.78 Å². The Bertz CT molecular complexity index is 725. The Morgan fingerprint density at radius 2 is 1.59 bits per heavy atom. The van der Waals surface area contributed by atoms with E-state index in [9.17, 15) is 14.9 Å². The molecule has 0 aromatic heterocycles. The molecule has 2 aromatic rings. The Morgan fingerprint density at radius 3 is 2.14 bits per heavy atom. The van der Waals surface area contributed by atoms with Gasteiger partial charge in [0.05, 0.1) is 6.07 Å². The summed E-state index contributed by atoms with van der Waals surface area (Å²) < 4.78 is 0. The number of benzene rings is 2. The van der Waals surface area contributed by atoms with E-state index in [1.165, 1.54) is 0 Å². The summed E-state index contributed by atoms with van der Waals surface area (Å²) in [7, 11) is 0. The number of aryl methyl sites for hydroxylation is 2. The molecule has 0 radical (unpaired) electrons. The molecule has 0 saturated carbocycles. The summed E-state index contributed by atoms with van der Waals surface area (Å²) >= 11 is 0. The maximum atomic E-state index is 12.3. The number of para-hydroxylation sites is 1. The first-order chi connectivity index (χ1) is 10.5. The number of hydrogen-bond acceptors (Lipinski definition) is 3. The van der Waals surface area contributed by atoms with Crippen LogP contribution in [0.5, 0.6) is 0 Å². The zero-order chi connectivity index (χ0) is 16.1. The minimum absolute atomic E-state index is 0.520. The molecule has 0 heterocycles. The first kappa shape index (κ1) is 15.5. The molecule has 0 aliphatic heterocycles. The van der Waals surface area contributed by atoms with Crippen LogP contribution in [0.15, 0.2) is 48.5 Å². The number of carbonyl (C=O) groups excluding carboxylic acids is 2. The van der Waals surface area contributed by atoms with Crippen molar-refractivity contribution in [1.29, 1.82) is 5.26 Å². The predicted molar refractivity (Wildman–Crippen MR) is 84.3 cm³/mol. The van der Waals surface area contributed by atoms with E-state index < -0.39 is 17.6 Å². The van der Waals surface area contributed by atoms with Crippen molar-refractivity contribution in [2.45, 2.75) is 19.8 Å². The molecule has 1 atom stereocenters. The minimum Gasteiger partial charge on any atom is -0.319 e. The van der Waals surface area contributed by atoms with Crippen LogP contribution in [0.25, 0.3) is 0 Å². The van der Waals surface area contributed by atoms with Crippen molar-refractivity contribution < 1.29 is 9.59 Å². The Kier molecular flexibility index (Phi) is 4.70. The van der Waals surface area contributed by atoms with Gasteiger partial charge in [-0.3, -0.25) is 9.59 Å². The Hall–Kier alpha value is -2.93. The van der Waals surface area contributed by atoms with E-state index in [0.29, 0.717) is 11.3 Å². The van der Waals surface area contributed by atoms with E-state index in [1.807, 2.05) is 38.1 Å². The number of amides is 1. The monoisotopic (exact) mass is 292 g/mol. The lowest BCUT2D eigenvalue weighted by molar-refractivity contribution is -0.135. The van der Waals surface area contributed by atoms with Crippen LogP contribution in [0.4, 0.5) is 5.69 Å². The molecular formula is C18H16N2O2. The molecule has 2 aromatic carbocycles. The standard InChI is InChI=1S/C18H16N2O2/c1-12-7-6-8-13(2)16(12)20-18(22)17(21)15(11-19)14-9-4-3-5-10-14/h3-10,15H,1-2H3,(H,20,22). The fourth-order valence-corrected chi connectivity index (χ4v) is 2.25. The number of rotatable bonds is 4. The van der Waals surface area contributed by atoms with Crippen LogP contribution in [0, 0.1) is 25.2 Å². The van der Waals surface area contributed by atoms with Gasteiger partial charge in [0, 0.05) is 5.69 Å². The molecule has 0 saturated heterocycles. The number of hydrogen-bond donors (Lipinski definition) is 1. The zero-order valence-electron chi connectivity index (χ0n) is 12.5. The topological polar surface area (TPSA) is 70.0 Å². The van der Waals surface area contributed by atoms with Crippen LogP contribution in [-0.2, 0) is 9.59 Å². The molecule has 110 valence electrons. The highest BCUT2D eigenvalue weighted by Gasteiger charge is 2.27. The van der Waals surface area contributed by atoms with Crippen molar-refractivity contribution >= 4 is 17.4 Å². The molecule has 22 heavy (non-hydrogen) atoms. The molecule has 0 aliphatic carbocycles. The maximum absolute atomic E-state index is 12.3. The molecule has 4 nitrogen and oxygen atoms in total. The second-order valence-electron chi connectivity index (χ2n) is 5.06. The van der Waals surface area contributed by atoms with Gasteiger partial charge in [-0.25, -0.2) is 0 Å². The maximum Gasteiger partial charge on any atom is 0.293 e. The molecule has 1 amide bonds. The van der Waals surface area contributed by atoms with Crippen LogP contribution < -0.4 is 5.32 Å². The van der Waals surface area contributed by atoms with Gasteiger partial charge < -0.3 is 5.32 Å². The van der Waals surface area contributed by atoms with E-state index in [0.717, 1.165) is 11.1 Å². The SMILES string of the molecule is Cc1cccc(C)c1NC(=O)C(=O)C(C#N)c1ccccc1. The van der Waals surface area contributed by atoms with Gasteiger partial charge in [0.25, 0.3) is 5.91 Å². The number of ketones is 1. The predicted octanol–water partition coefficient (Wildman–Crippen LogP) is 3.12. The summed E-state index contributed by atoms with van der Waals surface area (Å²) in [5.74, 6) is -2.62. The summed E-state index contributed by atoms with van der Waals surface area (Å²) in [6.07, 6.45) is 0. The Morgan fingerprint density at radius 1 is 1.00 bits per heavy atom. The molecule has 1 unspecified atom stereocenters. The van der Waals surface area contributed by atoms with Gasteiger partial charge in [0.1, 0.15) is 5.92 Å². The number of nitriles is 1. The van der Waals surface area contributed by atoms with Gasteiger partial charge in [0.15, 0.2) is 0 Å². The van der Waals surface area contributed by atoms with E-state index in [2.05, 4.69) is 5.32 Å². The smallest absolute Gasteiger partial charge is 0.293 e. The average Bonchev–Trinajstić information content (AvgIpc) is 2.52. The molecule has 2 rings (SSSR count). The lowest BCUT2D eigenvalue weighted by Crippen LogP contribution is -2.28. The molecular weight excluding hydrogens is 276 g/mol. The second kappa shape index (κ2) is 6.68. The highest BCUT2D eigenvalue weighted by Crippen LogP contribution is 2.21. The van der Waals surface area contributed by atoms with Gasteiger partial charge >= 0.3 is 0 Å². The summed E-state index contributed by atoms with van der Waals surface area (Å²) in [6, 6.07) is 16.1. The lowest BCUT2D eigenvalue weighted by Gasteiger charge is -2.12. The third-order valence-corrected chi connectivity index (χ3v) is 3.47.